The van der Waals surface area contributed by atoms with Gasteiger partial charge in [-0.05, 0) is 68.7 Å². The molecule has 2 atom stereocenters. The van der Waals surface area contributed by atoms with Gasteiger partial charge in [-0.3, -0.25) is 4.79 Å². The molecule has 4 rings (SSSR count). The molecule has 0 unspecified atom stereocenters. The molecule has 1 saturated heterocycles. The van der Waals surface area contributed by atoms with Crippen molar-refractivity contribution in [2.45, 2.75) is 43.8 Å². The van der Waals surface area contributed by atoms with Crippen molar-refractivity contribution in [1.82, 2.24) is 4.31 Å². The van der Waals surface area contributed by atoms with Crippen molar-refractivity contribution >= 4 is 21.6 Å². The minimum Gasteiger partial charge on any atom is -0.497 e. The molecule has 1 amide bonds. The number of rotatable bonds is 4. The molecule has 2 heterocycles. The number of hydrogen-bond donors (Lipinski definition) is 0. The Kier molecular flexibility index (Phi) is 6.05. The Balaban J connectivity index is 1.63. The molecule has 7 nitrogen and oxygen atoms in total. The van der Waals surface area contributed by atoms with Crippen LogP contribution in [0.5, 0.6) is 5.75 Å². The molecule has 31 heavy (non-hydrogen) atoms. The highest BCUT2D eigenvalue weighted by molar-refractivity contribution is 7.89. The second-order valence-corrected chi connectivity index (χ2v) is 10.1. The summed E-state index contributed by atoms with van der Waals surface area (Å²) >= 11 is 0. The fourth-order valence-electron chi connectivity index (χ4n) is 4.33. The molecule has 166 valence electrons. The fraction of sp³-hybridized carbons (Fsp3) is 0.435. The summed E-state index contributed by atoms with van der Waals surface area (Å²) in [5.41, 5.74) is 2.26. The molecule has 0 bridgehead atoms. The van der Waals surface area contributed by atoms with Crippen molar-refractivity contribution in [2.24, 2.45) is 0 Å². The van der Waals surface area contributed by atoms with Crippen LogP contribution in [0.2, 0.25) is 0 Å². The molecule has 0 spiro atoms. The maximum atomic E-state index is 13.3. The number of aryl methyl sites for hydroxylation is 1. The molecule has 0 N–H and O–H groups in total. The monoisotopic (exact) mass is 444 g/mol. The van der Waals surface area contributed by atoms with Gasteiger partial charge in [-0.1, -0.05) is 6.07 Å². The first-order chi connectivity index (χ1) is 14.8. The third-order valence-corrected chi connectivity index (χ3v) is 7.58. The van der Waals surface area contributed by atoms with E-state index in [1.54, 1.807) is 30.2 Å². The number of carbonyl (C=O) groups is 1. The zero-order valence-electron chi connectivity index (χ0n) is 18.1. The van der Waals surface area contributed by atoms with Gasteiger partial charge in [0.2, 0.25) is 10.0 Å². The second kappa shape index (κ2) is 8.61. The standard InChI is InChI=1S/C23H28N2O5S/c1-16-14-24(15-17(2)30-16)31(27,28)21-8-4-6-19(13-21)23(26)25-11-5-7-18-12-20(29-3)9-10-22(18)25/h4,6,8-10,12-13,16-17H,5,7,11,14-15H2,1-3H3/t16-,17+. The molecule has 0 aliphatic carbocycles. The van der Waals surface area contributed by atoms with Crippen LogP contribution in [0.3, 0.4) is 0 Å². The number of benzene rings is 2. The topological polar surface area (TPSA) is 76.2 Å². The first-order valence-electron chi connectivity index (χ1n) is 10.5. The van der Waals surface area contributed by atoms with Crippen LogP contribution in [0, 0.1) is 0 Å². The number of fused-ring (bicyclic) bond motifs is 1. The Morgan fingerprint density at radius 2 is 1.84 bits per heavy atom. The van der Waals surface area contributed by atoms with Crippen molar-refractivity contribution in [3.05, 3.63) is 53.6 Å². The summed E-state index contributed by atoms with van der Waals surface area (Å²) in [5.74, 6) is 0.557. The van der Waals surface area contributed by atoms with E-state index in [2.05, 4.69) is 0 Å². The zero-order valence-corrected chi connectivity index (χ0v) is 18.9. The minimum absolute atomic E-state index is 0.131. The normalized spacial score (nSPS) is 22.1. The zero-order chi connectivity index (χ0) is 22.2. The highest BCUT2D eigenvalue weighted by atomic mass is 32.2. The maximum absolute atomic E-state index is 13.3. The largest absolute Gasteiger partial charge is 0.497 e. The number of morpholine rings is 1. The summed E-state index contributed by atoms with van der Waals surface area (Å²) < 4.78 is 38.9. The lowest BCUT2D eigenvalue weighted by Crippen LogP contribution is -2.48. The lowest BCUT2D eigenvalue weighted by Gasteiger charge is -2.34. The first kappa shape index (κ1) is 21.8. The van der Waals surface area contributed by atoms with E-state index in [0.717, 1.165) is 29.8 Å². The van der Waals surface area contributed by atoms with E-state index in [0.29, 0.717) is 25.2 Å². The van der Waals surface area contributed by atoms with E-state index < -0.39 is 10.0 Å². The van der Waals surface area contributed by atoms with Gasteiger partial charge in [0.25, 0.3) is 5.91 Å². The smallest absolute Gasteiger partial charge is 0.258 e. The van der Waals surface area contributed by atoms with Crippen LogP contribution in [0.15, 0.2) is 47.4 Å². The summed E-state index contributed by atoms with van der Waals surface area (Å²) in [7, 11) is -2.10. The highest BCUT2D eigenvalue weighted by Gasteiger charge is 2.33. The van der Waals surface area contributed by atoms with Crippen molar-refractivity contribution in [2.75, 3.05) is 31.6 Å². The van der Waals surface area contributed by atoms with Crippen LogP contribution < -0.4 is 9.64 Å². The lowest BCUT2D eigenvalue weighted by molar-refractivity contribution is -0.0440. The molecule has 0 aromatic heterocycles. The number of amides is 1. The van der Waals surface area contributed by atoms with Gasteiger partial charge in [0.05, 0.1) is 24.2 Å². The Labute approximate surface area is 183 Å². The molecule has 2 aliphatic heterocycles. The molecule has 2 aromatic carbocycles. The molecular formula is C23H28N2O5S. The molecule has 8 heteroatoms. The van der Waals surface area contributed by atoms with E-state index in [9.17, 15) is 13.2 Å². The maximum Gasteiger partial charge on any atom is 0.258 e. The molecule has 0 radical (unpaired) electrons. The van der Waals surface area contributed by atoms with Gasteiger partial charge in [-0.15, -0.1) is 0 Å². The van der Waals surface area contributed by atoms with Crippen LogP contribution in [0.4, 0.5) is 5.69 Å². The van der Waals surface area contributed by atoms with Crippen LogP contribution in [-0.2, 0) is 21.2 Å². The lowest BCUT2D eigenvalue weighted by atomic mass is 10.0. The number of hydrogen-bond acceptors (Lipinski definition) is 5. The molecule has 1 fully saturated rings. The van der Waals surface area contributed by atoms with Crippen molar-refractivity contribution in [1.29, 1.82) is 0 Å². The number of nitrogens with zero attached hydrogens (tertiary/aromatic N) is 2. The van der Waals surface area contributed by atoms with Crippen LogP contribution in [0.1, 0.15) is 36.2 Å². The van der Waals surface area contributed by atoms with Crippen molar-refractivity contribution in [3.8, 4) is 5.75 Å². The molecule has 2 aromatic rings. The quantitative estimate of drug-likeness (QED) is 0.724. The number of sulfonamides is 1. The van der Waals surface area contributed by atoms with E-state index >= 15 is 0 Å². The van der Waals surface area contributed by atoms with Gasteiger partial charge < -0.3 is 14.4 Å². The summed E-state index contributed by atoms with van der Waals surface area (Å²) in [4.78, 5) is 15.2. The van der Waals surface area contributed by atoms with Gasteiger partial charge >= 0.3 is 0 Å². The van der Waals surface area contributed by atoms with E-state index in [-0.39, 0.29) is 23.0 Å². The number of anilines is 1. The van der Waals surface area contributed by atoms with Gasteiger partial charge in [-0.25, -0.2) is 8.42 Å². The van der Waals surface area contributed by atoms with E-state index in [4.69, 9.17) is 9.47 Å². The third kappa shape index (κ3) is 4.33. The van der Waals surface area contributed by atoms with Gasteiger partial charge in [0.1, 0.15) is 5.75 Å². The predicted octanol–water partition coefficient (Wildman–Crippen LogP) is 3.09. The summed E-state index contributed by atoms with van der Waals surface area (Å²) in [6.07, 6.45) is 1.36. The van der Waals surface area contributed by atoms with E-state index in [1.165, 1.54) is 10.4 Å². The number of ether oxygens (including phenoxy) is 2. The molecule has 0 saturated carbocycles. The van der Waals surface area contributed by atoms with Crippen LogP contribution in [-0.4, -0.2) is 57.6 Å². The molecular weight excluding hydrogens is 416 g/mol. The minimum atomic E-state index is -3.72. The summed E-state index contributed by atoms with van der Waals surface area (Å²) in [5, 5.41) is 0. The van der Waals surface area contributed by atoms with Gasteiger partial charge in [0, 0.05) is 30.9 Å². The van der Waals surface area contributed by atoms with Gasteiger partial charge in [-0.2, -0.15) is 4.31 Å². The van der Waals surface area contributed by atoms with Crippen LogP contribution >= 0.6 is 0 Å². The fourth-order valence-corrected chi connectivity index (χ4v) is 5.97. The number of methoxy groups -OCH3 is 1. The average molecular weight is 445 g/mol. The average Bonchev–Trinajstić information content (AvgIpc) is 2.77. The summed E-state index contributed by atoms with van der Waals surface area (Å²) in [6.45, 7) is 4.91. The SMILES string of the molecule is COc1ccc2c(c1)CCCN2C(=O)c1cccc(S(=O)(=O)N2C[C@@H](C)O[C@@H](C)C2)c1. The highest BCUT2D eigenvalue weighted by Crippen LogP contribution is 2.32. The Bertz CT molecular complexity index is 1080. The van der Waals surface area contributed by atoms with Crippen molar-refractivity contribution < 1.29 is 22.7 Å². The van der Waals surface area contributed by atoms with Crippen molar-refractivity contribution in [3.63, 3.8) is 0 Å². The van der Waals surface area contributed by atoms with Gasteiger partial charge in [0.15, 0.2) is 0 Å². The molecule has 2 aliphatic rings. The Morgan fingerprint density at radius 3 is 2.55 bits per heavy atom. The third-order valence-electron chi connectivity index (χ3n) is 5.76. The Hall–Kier alpha value is -2.42. The predicted molar refractivity (Wildman–Crippen MR) is 118 cm³/mol. The second-order valence-electron chi connectivity index (χ2n) is 8.16. The summed E-state index contributed by atoms with van der Waals surface area (Å²) in [6, 6.07) is 12.0. The Morgan fingerprint density at radius 1 is 1.10 bits per heavy atom. The number of carbonyl (C=O) groups excluding carboxylic acids is 1. The van der Waals surface area contributed by atoms with E-state index in [1.807, 2.05) is 32.0 Å². The van der Waals surface area contributed by atoms with Crippen LogP contribution in [0.25, 0.3) is 0 Å². The first-order valence-corrected chi connectivity index (χ1v) is 12.0.